The maximum absolute atomic E-state index is 13.2. The molecule has 5 nitrogen and oxygen atoms in total. The zero-order chi connectivity index (χ0) is 16.7. The zero-order valence-electron chi connectivity index (χ0n) is 14.3. The van der Waals surface area contributed by atoms with Crippen molar-refractivity contribution in [2.24, 2.45) is 0 Å². The zero-order valence-corrected chi connectivity index (χ0v) is 14.3. The average Bonchev–Trinajstić information content (AvgIpc) is 3.23. The highest BCUT2D eigenvalue weighted by atomic mass is 16.5. The van der Waals surface area contributed by atoms with Crippen molar-refractivity contribution >= 4 is 5.91 Å². The standard InChI is InChI=1S/C19H23N3O2/c1-13-5-6-14(2)15(10-13)16-4-3-7-22(16)19(23)17-11-20-18-12-24-9-8-21(17)18/h5-6,10-11,16H,3-4,7-9,12H2,1-2H3. The van der Waals surface area contributed by atoms with Crippen LogP contribution in [-0.2, 0) is 17.9 Å². The normalized spacial score (nSPS) is 20.2. The monoisotopic (exact) mass is 325 g/mol. The number of hydrogen-bond donors (Lipinski definition) is 0. The fourth-order valence-corrected chi connectivity index (χ4v) is 3.87. The Morgan fingerprint density at radius 1 is 1.29 bits per heavy atom. The lowest BCUT2D eigenvalue weighted by atomic mass is 9.97. The van der Waals surface area contributed by atoms with Crippen LogP contribution >= 0.6 is 0 Å². The van der Waals surface area contributed by atoms with Crippen LogP contribution in [-0.4, -0.2) is 33.5 Å². The van der Waals surface area contributed by atoms with Crippen molar-refractivity contribution in [1.82, 2.24) is 14.5 Å². The Hall–Kier alpha value is -2.14. The summed E-state index contributed by atoms with van der Waals surface area (Å²) in [5, 5.41) is 0. The first-order chi connectivity index (χ1) is 11.6. The molecule has 0 N–H and O–H groups in total. The molecule has 2 aromatic rings. The number of aryl methyl sites for hydroxylation is 2. The largest absolute Gasteiger partial charge is 0.372 e. The van der Waals surface area contributed by atoms with Gasteiger partial charge in [-0.3, -0.25) is 4.79 Å². The number of rotatable bonds is 2. The van der Waals surface area contributed by atoms with Crippen LogP contribution in [0.3, 0.4) is 0 Å². The van der Waals surface area contributed by atoms with Gasteiger partial charge in [-0.2, -0.15) is 0 Å². The molecule has 1 aromatic carbocycles. The van der Waals surface area contributed by atoms with Crippen molar-refractivity contribution in [2.75, 3.05) is 13.2 Å². The predicted octanol–water partition coefficient (Wildman–Crippen LogP) is 3.01. The number of carbonyl (C=O) groups excluding carboxylic acids is 1. The fraction of sp³-hybridized carbons (Fsp3) is 0.474. The first-order valence-corrected chi connectivity index (χ1v) is 8.65. The molecule has 5 heteroatoms. The van der Waals surface area contributed by atoms with Crippen molar-refractivity contribution < 1.29 is 9.53 Å². The Bertz CT molecular complexity index is 781. The summed E-state index contributed by atoms with van der Waals surface area (Å²) in [6, 6.07) is 6.69. The molecule has 2 aliphatic rings. The van der Waals surface area contributed by atoms with Gasteiger partial charge in [0.1, 0.15) is 18.1 Å². The van der Waals surface area contributed by atoms with Gasteiger partial charge in [0.05, 0.1) is 18.8 Å². The SMILES string of the molecule is Cc1ccc(C)c(C2CCCN2C(=O)c2cnc3n2CCOC3)c1. The molecule has 0 saturated carbocycles. The molecular weight excluding hydrogens is 302 g/mol. The third kappa shape index (κ3) is 2.53. The lowest BCUT2D eigenvalue weighted by molar-refractivity contribution is 0.0673. The van der Waals surface area contributed by atoms with Gasteiger partial charge in [-0.25, -0.2) is 4.98 Å². The number of nitrogens with zero attached hydrogens (tertiary/aromatic N) is 3. The number of carbonyl (C=O) groups is 1. The van der Waals surface area contributed by atoms with Crippen molar-refractivity contribution in [2.45, 2.75) is 45.9 Å². The van der Waals surface area contributed by atoms with E-state index in [2.05, 4.69) is 37.0 Å². The topological polar surface area (TPSA) is 47.4 Å². The molecular formula is C19H23N3O2. The van der Waals surface area contributed by atoms with E-state index in [9.17, 15) is 4.79 Å². The molecule has 1 atom stereocenters. The highest BCUT2D eigenvalue weighted by Crippen LogP contribution is 2.35. The average molecular weight is 325 g/mol. The van der Waals surface area contributed by atoms with E-state index in [0.717, 1.165) is 25.2 Å². The van der Waals surface area contributed by atoms with E-state index in [0.29, 0.717) is 25.5 Å². The quantitative estimate of drug-likeness (QED) is 0.853. The van der Waals surface area contributed by atoms with Gasteiger partial charge in [0.25, 0.3) is 5.91 Å². The van der Waals surface area contributed by atoms with Crippen LogP contribution in [0.5, 0.6) is 0 Å². The predicted molar refractivity (Wildman–Crippen MR) is 90.8 cm³/mol. The van der Waals surface area contributed by atoms with Crippen LogP contribution in [0.15, 0.2) is 24.4 Å². The molecule has 0 radical (unpaired) electrons. The molecule has 2 aliphatic heterocycles. The Labute approximate surface area is 142 Å². The summed E-state index contributed by atoms with van der Waals surface area (Å²) < 4.78 is 7.44. The first kappa shape index (κ1) is 15.4. The minimum Gasteiger partial charge on any atom is -0.372 e. The Morgan fingerprint density at radius 3 is 3.04 bits per heavy atom. The summed E-state index contributed by atoms with van der Waals surface area (Å²) in [7, 11) is 0. The van der Waals surface area contributed by atoms with Crippen molar-refractivity contribution in [1.29, 1.82) is 0 Å². The second kappa shape index (κ2) is 6.06. The molecule has 126 valence electrons. The second-order valence-corrected chi connectivity index (χ2v) is 6.78. The lowest BCUT2D eigenvalue weighted by Crippen LogP contribution is -2.33. The number of fused-ring (bicyclic) bond motifs is 1. The number of imidazole rings is 1. The molecule has 0 aliphatic carbocycles. The molecule has 1 unspecified atom stereocenters. The van der Waals surface area contributed by atoms with E-state index >= 15 is 0 Å². The van der Waals surface area contributed by atoms with Gasteiger partial charge in [0.2, 0.25) is 0 Å². The molecule has 0 spiro atoms. The molecule has 1 saturated heterocycles. The summed E-state index contributed by atoms with van der Waals surface area (Å²) >= 11 is 0. The van der Waals surface area contributed by atoms with Crippen LogP contribution in [0.2, 0.25) is 0 Å². The Kier molecular flexibility index (Phi) is 3.88. The fourth-order valence-electron chi connectivity index (χ4n) is 3.87. The van der Waals surface area contributed by atoms with Gasteiger partial charge >= 0.3 is 0 Å². The molecule has 1 fully saturated rings. The van der Waals surface area contributed by atoms with Crippen LogP contribution in [0, 0.1) is 13.8 Å². The van der Waals surface area contributed by atoms with Crippen molar-refractivity contribution in [3.8, 4) is 0 Å². The third-order valence-electron chi connectivity index (χ3n) is 5.16. The number of likely N-dealkylation sites (tertiary alicyclic amines) is 1. The third-order valence-corrected chi connectivity index (χ3v) is 5.16. The minimum atomic E-state index is 0.0963. The number of amides is 1. The molecule has 4 rings (SSSR count). The molecule has 1 aromatic heterocycles. The van der Waals surface area contributed by atoms with Gasteiger partial charge in [-0.05, 0) is 37.8 Å². The van der Waals surface area contributed by atoms with Crippen molar-refractivity contribution in [3.63, 3.8) is 0 Å². The van der Waals surface area contributed by atoms with E-state index in [1.54, 1.807) is 6.20 Å². The van der Waals surface area contributed by atoms with Gasteiger partial charge < -0.3 is 14.2 Å². The Balaban J connectivity index is 1.66. The Morgan fingerprint density at radius 2 is 2.17 bits per heavy atom. The minimum absolute atomic E-state index is 0.0963. The van der Waals surface area contributed by atoms with Crippen molar-refractivity contribution in [3.05, 3.63) is 52.6 Å². The van der Waals surface area contributed by atoms with E-state index in [4.69, 9.17) is 4.74 Å². The van der Waals surface area contributed by atoms with E-state index in [1.807, 2.05) is 9.47 Å². The lowest BCUT2D eigenvalue weighted by Gasteiger charge is -2.27. The van der Waals surface area contributed by atoms with Crippen LogP contribution in [0.1, 0.15) is 51.9 Å². The maximum atomic E-state index is 13.2. The summed E-state index contributed by atoms with van der Waals surface area (Å²) in [6.45, 7) is 6.90. The summed E-state index contributed by atoms with van der Waals surface area (Å²) in [5.74, 6) is 0.950. The van der Waals surface area contributed by atoms with E-state index < -0.39 is 0 Å². The van der Waals surface area contributed by atoms with Gasteiger partial charge in [0.15, 0.2) is 0 Å². The summed E-state index contributed by atoms with van der Waals surface area (Å²) in [4.78, 5) is 19.6. The second-order valence-electron chi connectivity index (χ2n) is 6.78. The van der Waals surface area contributed by atoms with Gasteiger partial charge in [-0.15, -0.1) is 0 Å². The molecule has 3 heterocycles. The van der Waals surface area contributed by atoms with E-state index in [1.165, 1.54) is 16.7 Å². The van der Waals surface area contributed by atoms with Crippen LogP contribution < -0.4 is 0 Å². The number of ether oxygens (including phenoxy) is 1. The summed E-state index contributed by atoms with van der Waals surface area (Å²) in [5.41, 5.74) is 4.48. The number of benzene rings is 1. The van der Waals surface area contributed by atoms with E-state index in [-0.39, 0.29) is 11.9 Å². The number of aromatic nitrogens is 2. The van der Waals surface area contributed by atoms with Gasteiger partial charge in [-0.1, -0.05) is 23.8 Å². The molecule has 1 amide bonds. The smallest absolute Gasteiger partial charge is 0.272 e. The van der Waals surface area contributed by atoms with Crippen LogP contribution in [0.25, 0.3) is 0 Å². The molecule has 0 bridgehead atoms. The number of hydrogen-bond acceptors (Lipinski definition) is 3. The van der Waals surface area contributed by atoms with Gasteiger partial charge in [0, 0.05) is 13.1 Å². The molecule has 24 heavy (non-hydrogen) atoms. The highest BCUT2D eigenvalue weighted by molar-refractivity contribution is 5.93. The van der Waals surface area contributed by atoms with Crippen LogP contribution in [0.4, 0.5) is 0 Å². The maximum Gasteiger partial charge on any atom is 0.272 e. The highest BCUT2D eigenvalue weighted by Gasteiger charge is 2.33. The summed E-state index contributed by atoms with van der Waals surface area (Å²) in [6.07, 6.45) is 3.79. The first-order valence-electron chi connectivity index (χ1n) is 8.65.